The molecule has 1 N–H and O–H groups in total. The molecule has 0 aromatic heterocycles. The first kappa shape index (κ1) is 22.8. The maximum atomic E-state index is 12.9. The van der Waals surface area contributed by atoms with E-state index in [1.165, 1.54) is 5.56 Å². The molecule has 3 aromatic rings. The Morgan fingerprint density at radius 3 is 1.88 bits per heavy atom. The maximum absolute atomic E-state index is 12.9. The molecule has 0 bridgehead atoms. The topological polar surface area (TPSA) is 49.4 Å². The van der Waals surface area contributed by atoms with Crippen molar-refractivity contribution in [3.63, 3.8) is 0 Å². The van der Waals surface area contributed by atoms with Crippen LogP contribution in [0, 0.1) is 0 Å². The highest BCUT2D eigenvalue weighted by Crippen LogP contribution is 2.23. The predicted molar refractivity (Wildman–Crippen MR) is 133 cm³/mol. The van der Waals surface area contributed by atoms with E-state index in [9.17, 15) is 9.59 Å². The van der Waals surface area contributed by atoms with Crippen LogP contribution in [0.5, 0.6) is 0 Å². The molecule has 33 heavy (non-hydrogen) atoms. The second-order valence-corrected chi connectivity index (χ2v) is 9.81. The third-order valence-electron chi connectivity index (χ3n) is 6.37. The third-order valence-corrected chi connectivity index (χ3v) is 6.37. The summed E-state index contributed by atoms with van der Waals surface area (Å²) in [5.41, 5.74) is 4.90. The number of likely N-dealkylation sites (tertiary alicyclic amines) is 1. The fourth-order valence-electron chi connectivity index (χ4n) is 4.24. The van der Waals surface area contributed by atoms with E-state index in [2.05, 4.69) is 38.2 Å². The molecule has 4 rings (SSSR count). The van der Waals surface area contributed by atoms with Gasteiger partial charge >= 0.3 is 0 Å². The molecule has 1 aliphatic rings. The summed E-state index contributed by atoms with van der Waals surface area (Å²) in [4.78, 5) is 27.5. The number of benzene rings is 3. The van der Waals surface area contributed by atoms with Crippen molar-refractivity contribution in [2.45, 2.75) is 45.1 Å². The van der Waals surface area contributed by atoms with Crippen molar-refractivity contribution < 1.29 is 9.59 Å². The van der Waals surface area contributed by atoms with Gasteiger partial charge in [0.25, 0.3) is 11.8 Å². The van der Waals surface area contributed by atoms with Crippen LogP contribution in [0.25, 0.3) is 11.1 Å². The largest absolute Gasteiger partial charge is 0.349 e. The summed E-state index contributed by atoms with van der Waals surface area (Å²) < 4.78 is 0. The number of nitrogens with one attached hydrogen (secondary N) is 1. The van der Waals surface area contributed by atoms with Gasteiger partial charge in [0.15, 0.2) is 0 Å². The minimum absolute atomic E-state index is 0.0447. The smallest absolute Gasteiger partial charge is 0.253 e. The van der Waals surface area contributed by atoms with Gasteiger partial charge in [0.05, 0.1) is 0 Å². The summed E-state index contributed by atoms with van der Waals surface area (Å²) in [6.45, 7) is 7.78. The number of carbonyl (C=O) groups is 2. The van der Waals surface area contributed by atoms with Crippen molar-refractivity contribution >= 4 is 11.8 Å². The molecule has 1 saturated heterocycles. The molecule has 1 aliphatic heterocycles. The fraction of sp³-hybridized carbons (Fsp3) is 0.310. The van der Waals surface area contributed by atoms with E-state index in [0.717, 1.165) is 24.0 Å². The van der Waals surface area contributed by atoms with Crippen molar-refractivity contribution in [3.8, 4) is 11.1 Å². The number of rotatable bonds is 4. The van der Waals surface area contributed by atoms with E-state index >= 15 is 0 Å². The fourth-order valence-corrected chi connectivity index (χ4v) is 4.24. The lowest BCUT2D eigenvalue weighted by Gasteiger charge is -2.32. The van der Waals surface area contributed by atoms with Gasteiger partial charge in [-0.15, -0.1) is 0 Å². The summed E-state index contributed by atoms with van der Waals surface area (Å²) >= 11 is 0. The molecule has 4 heteroatoms. The molecule has 0 radical (unpaired) electrons. The van der Waals surface area contributed by atoms with E-state index in [1.807, 2.05) is 71.6 Å². The van der Waals surface area contributed by atoms with Crippen LogP contribution in [0.2, 0.25) is 0 Å². The van der Waals surface area contributed by atoms with Crippen molar-refractivity contribution in [2.75, 3.05) is 13.1 Å². The molecule has 2 amide bonds. The Balaban J connectivity index is 1.30. The van der Waals surface area contributed by atoms with Gasteiger partial charge < -0.3 is 10.2 Å². The van der Waals surface area contributed by atoms with E-state index in [-0.39, 0.29) is 23.3 Å². The average molecular weight is 441 g/mol. The lowest BCUT2D eigenvalue weighted by Crippen LogP contribution is -2.46. The van der Waals surface area contributed by atoms with Crippen LogP contribution in [0.1, 0.15) is 59.9 Å². The lowest BCUT2D eigenvalue weighted by atomic mass is 9.86. The zero-order valence-corrected chi connectivity index (χ0v) is 19.7. The number of hydrogen-bond donors (Lipinski definition) is 1. The van der Waals surface area contributed by atoms with Gasteiger partial charge in [-0.25, -0.2) is 0 Å². The molecule has 1 heterocycles. The molecule has 0 atom stereocenters. The quantitative estimate of drug-likeness (QED) is 0.567. The van der Waals surface area contributed by atoms with Crippen molar-refractivity contribution in [1.29, 1.82) is 0 Å². The molecule has 3 aromatic carbocycles. The number of nitrogens with zero attached hydrogens (tertiary/aromatic N) is 1. The minimum Gasteiger partial charge on any atom is -0.349 e. The number of carbonyl (C=O) groups excluding carboxylic acids is 2. The monoisotopic (exact) mass is 440 g/mol. The Morgan fingerprint density at radius 2 is 1.30 bits per heavy atom. The Labute approximate surface area is 196 Å². The van der Waals surface area contributed by atoms with Crippen molar-refractivity contribution in [3.05, 3.63) is 95.6 Å². The van der Waals surface area contributed by atoms with Crippen LogP contribution in [-0.2, 0) is 5.41 Å². The van der Waals surface area contributed by atoms with Crippen LogP contribution >= 0.6 is 0 Å². The van der Waals surface area contributed by atoms with E-state index in [1.54, 1.807) is 0 Å². The Morgan fingerprint density at radius 1 is 0.758 bits per heavy atom. The second kappa shape index (κ2) is 9.62. The Kier molecular flexibility index (Phi) is 6.64. The number of hydrogen-bond acceptors (Lipinski definition) is 2. The Hall–Kier alpha value is -3.40. The van der Waals surface area contributed by atoms with Gasteiger partial charge in [-0.1, -0.05) is 75.4 Å². The van der Waals surface area contributed by atoms with Gasteiger partial charge in [0.2, 0.25) is 0 Å². The van der Waals surface area contributed by atoms with Gasteiger partial charge in [0.1, 0.15) is 0 Å². The van der Waals surface area contributed by atoms with Gasteiger partial charge in [-0.3, -0.25) is 9.59 Å². The highest BCUT2D eigenvalue weighted by molar-refractivity contribution is 5.95. The zero-order valence-electron chi connectivity index (χ0n) is 19.7. The number of amides is 2. The van der Waals surface area contributed by atoms with Crippen LogP contribution in [0.4, 0.5) is 0 Å². The highest BCUT2D eigenvalue weighted by atomic mass is 16.2. The maximum Gasteiger partial charge on any atom is 0.253 e. The van der Waals surface area contributed by atoms with Crippen molar-refractivity contribution in [2.24, 2.45) is 0 Å². The zero-order chi connectivity index (χ0) is 23.4. The molecule has 170 valence electrons. The second-order valence-electron chi connectivity index (χ2n) is 9.81. The van der Waals surface area contributed by atoms with E-state index in [4.69, 9.17) is 0 Å². The van der Waals surface area contributed by atoms with E-state index < -0.39 is 0 Å². The summed E-state index contributed by atoms with van der Waals surface area (Å²) in [6, 6.07) is 25.9. The average Bonchev–Trinajstić information content (AvgIpc) is 2.84. The molecule has 0 spiro atoms. The van der Waals surface area contributed by atoms with Crippen LogP contribution < -0.4 is 5.32 Å². The molecule has 0 saturated carbocycles. The summed E-state index contributed by atoms with van der Waals surface area (Å²) in [7, 11) is 0. The summed E-state index contributed by atoms with van der Waals surface area (Å²) in [5, 5.41) is 3.14. The first-order valence-electron chi connectivity index (χ1n) is 11.7. The summed E-state index contributed by atoms with van der Waals surface area (Å²) in [5.74, 6) is 0.00823. The summed E-state index contributed by atoms with van der Waals surface area (Å²) in [6.07, 6.45) is 1.53. The predicted octanol–water partition coefficient (Wildman–Crippen LogP) is 5.69. The lowest BCUT2D eigenvalue weighted by molar-refractivity contribution is 0.0698. The van der Waals surface area contributed by atoms with Crippen molar-refractivity contribution in [1.82, 2.24) is 10.2 Å². The van der Waals surface area contributed by atoms with Crippen LogP contribution in [0.15, 0.2) is 78.9 Å². The Bertz CT molecular complexity index is 1090. The molecule has 1 fully saturated rings. The van der Waals surface area contributed by atoms with E-state index in [0.29, 0.717) is 24.2 Å². The molecular formula is C29H32N2O2. The molecule has 0 aliphatic carbocycles. The normalized spacial score (nSPS) is 14.7. The third kappa shape index (κ3) is 5.51. The first-order valence-corrected chi connectivity index (χ1v) is 11.7. The standard InChI is InChI=1S/C29H32N2O2/c1-29(2,3)25-15-13-23(14-16-25)27(32)30-26-17-19-31(20-18-26)28(33)24-11-9-22(10-12-24)21-7-5-4-6-8-21/h4-16,26H,17-20H2,1-3H3,(H,30,32). The van der Waals surface area contributed by atoms with Crippen LogP contribution in [-0.4, -0.2) is 35.8 Å². The van der Waals surface area contributed by atoms with Gasteiger partial charge in [-0.2, -0.15) is 0 Å². The molecule has 0 unspecified atom stereocenters. The molecular weight excluding hydrogens is 408 g/mol. The first-order chi connectivity index (χ1) is 15.8. The van der Waals surface area contributed by atoms with Gasteiger partial charge in [0, 0.05) is 30.3 Å². The van der Waals surface area contributed by atoms with Crippen LogP contribution in [0.3, 0.4) is 0 Å². The minimum atomic E-state index is -0.0447. The molecule has 4 nitrogen and oxygen atoms in total. The SMILES string of the molecule is CC(C)(C)c1ccc(C(=O)NC2CCN(C(=O)c3ccc(-c4ccccc4)cc3)CC2)cc1. The highest BCUT2D eigenvalue weighted by Gasteiger charge is 2.25. The number of piperidine rings is 1. The van der Waals surface area contributed by atoms with Gasteiger partial charge in [-0.05, 0) is 59.2 Å².